The van der Waals surface area contributed by atoms with Crippen molar-refractivity contribution < 1.29 is 9.18 Å². The van der Waals surface area contributed by atoms with Gasteiger partial charge in [0, 0.05) is 19.4 Å². The number of aryl methyl sites for hydroxylation is 2. The van der Waals surface area contributed by atoms with Crippen LogP contribution in [0.25, 0.3) is 0 Å². The average molecular weight is 337 g/mol. The fourth-order valence-corrected chi connectivity index (χ4v) is 2.74. The van der Waals surface area contributed by atoms with E-state index in [1.165, 1.54) is 12.1 Å². The minimum atomic E-state index is -0.506. The number of halogens is 1. The van der Waals surface area contributed by atoms with Gasteiger partial charge in [-0.1, -0.05) is 42.0 Å². The maximum atomic E-state index is 13.7. The highest BCUT2D eigenvalue weighted by Gasteiger charge is 2.21. The highest BCUT2D eigenvalue weighted by Crippen LogP contribution is 2.21. The van der Waals surface area contributed by atoms with E-state index in [-0.39, 0.29) is 18.1 Å². The Labute approximate surface area is 146 Å². The number of hydrogen-bond donors (Lipinski definition) is 1. The van der Waals surface area contributed by atoms with Crippen molar-refractivity contribution in [1.29, 1.82) is 0 Å². The van der Waals surface area contributed by atoms with E-state index in [9.17, 15) is 9.18 Å². The smallest absolute Gasteiger partial charge is 0.225 e. The van der Waals surface area contributed by atoms with Crippen LogP contribution < -0.4 is 5.32 Å². The first-order valence-corrected chi connectivity index (χ1v) is 8.10. The lowest BCUT2D eigenvalue weighted by Crippen LogP contribution is -2.32. The number of benzene rings is 2. The zero-order chi connectivity index (χ0) is 17.8. The van der Waals surface area contributed by atoms with Gasteiger partial charge >= 0.3 is 0 Å². The summed E-state index contributed by atoms with van der Waals surface area (Å²) in [5, 5.41) is 2.98. The first-order valence-electron chi connectivity index (χ1n) is 8.10. The summed E-state index contributed by atoms with van der Waals surface area (Å²) in [6.45, 7) is 2.00. The maximum Gasteiger partial charge on any atom is 0.225 e. The lowest BCUT2D eigenvalue weighted by molar-refractivity contribution is -0.121. The molecule has 25 heavy (non-hydrogen) atoms. The summed E-state index contributed by atoms with van der Waals surface area (Å²) in [6.07, 6.45) is 3.72. The second-order valence-electron chi connectivity index (χ2n) is 6.11. The fraction of sp³-hybridized carbons (Fsp3) is 0.200. The molecule has 0 aliphatic rings. The van der Waals surface area contributed by atoms with Crippen molar-refractivity contribution in [3.8, 4) is 0 Å². The second-order valence-corrected chi connectivity index (χ2v) is 6.11. The van der Waals surface area contributed by atoms with Crippen molar-refractivity contribution in [2.45, 2.75) is 19.4 Å². The molecule has 5 heteroatoms. The summed E-state index contributed by atoms with van der Waals surface area (Å²) in [7, 11) is 1.85. The minimum Gasteiger partial charge on any atom is -0.342 e. The summed E-state index contributed by atoms with van der Waals surface area (Å²) < 4.78 is 15.5. The summed E-state index contributed by atoms with van der Waals surface area (Å²) in [5.74, 6) is 0.175. The van der Waals surface area contributed by atoms with Crippen LogP contribution in [0.15, 0.2) is 60.9 Å². The number of nitrogens with one attached hydrogen (secondary N) is 1. The number of imidazole rings is 1. The lowest BCUT2D eigenvalue weighted by atomic mass is 10.0. The largest absolute Gasteiger partial charge is 0.342 e. The van der Waals surface area contributed by atoms with Crippen molar-refractivity contribution in [2.75, 3.05) is 0 Å². The molecule has 1 unspecified atom stereocenters. The van der Waals surface area contributed by atoms with E-state index in [1.807, 2.05) is 42.8 Å². The van der Waals surface area contributed by atoms with Gasteiger partial charge in [0.15, 0.2) is 0 Å². The van der Waals surface area contributed by atoms with Crippen LogP contribution in [-0.4, -0.2) is 15.5 Å². The number of rotatable bonds is 5. The highest BCUT2D eigenvalue weighted by atomic mass is 19.1. The van der Waals surface area contributed by atoms with Crippen molar-refractivity contribution >= 4 is 5.91 Å². The predicted molar refractivity (Wildman–Crippen MR) is 94.5 cm³/mol. The molecule has 0 bridgehead atoms. The number of amides is 1. The van der Waals surface area contributed by atoms with Crippen LogP contribution in [-0.2, 0) is 18.3 Å². The molecule has 0 saturated carbocycles. The van der Waals surface area contributed by atoms with E-state index in [4.69, 9.17) is 0 Å². The Hall–Kier alpha value is -2.95. The molecule has 128 valence electrons. The molecule has 1 N–H and O–H groups in total. The third-order valence-electron chi connectivity index (χ3n) is 4.09. The number of nitrogens with zero attached hydrogens (tertiary/aromatic N) is 2. The molecule has 1 amide bonds. The SMILES string of the molecule is Cc1ccc(CC(=O)NC(c2cccc(F)c2)c2nccn2C)cc1. The second kappa shape index (κ2) is 7.30. The van der Waals surface area contributed by atoms with Gasteiger partial charge in [0.05, 0.1) is 6.42 Å². The summed E-state index contributed by atoms with van der Waals surface area (Å²) >= 11 is 0. The van der Waals surface area contributed by atoms with Gasteiger partial charge in [-0.3, -0.25) is 4.79 Å². The summed E-state index contributed by atoms with van der Waals surface area (Å²) in [5.41, 5.74) is 2.74. The van der Waals surface area contributed by atoms with Gasteiger partial charge < -0.3 is 9.88 Å². The Morgan fingerprint density at radius 3 is 2.64 bits per heavy atom. The zero-order valence-corrected chi connectivity index (χ0v) is 14.2. The topological polar surface area (TPSA) is 46.9 Å². The van der Waals surface area contributed by atoms with Crippen molar-refractivity contribution in [3.05, 3.63) is 89.3 Å². The van der Waals surface area contributed by atoms with Gasteiger partial charge in [0.1, 0.15) is 17.7 Å². The molecule has 4 nitrogen and oxygen atoms in total. The van der Waals surface area contributed by atoms with Gasteiger partial charge in [0.25, 0.3) is 0 Å². The number of aromatic nitrogens is 2. The number of hydrogen-bond acceptors (Lipinski definition) is 2. The van der Waals surface area contributed by atoms with Crippen LogP contribution in [0.4, 0.5) is 4.39 Å². The van der Waals surface area contributed by atoms with Crippen LogP contribution in [0.5, 0.6) is 0 Å². The Morgan fingerprint density at radius 1 is 1.24 bits per heavy atom. The van der Waals surface area contributed by atoms with Crippen molar-refractivity contribution in [1.82, 2.24) is 14.9 Å². The fourth-order valence-electron chi connectivity index (χ4n) is 2.74. The molecule has 0 radical (unpaired) electrons. The van der Waals surface area contributed by atoms with E-state index < -0.39 is 6.04 Å². The maximum absolute atomic E-state index is 13.7. The van der Waals surface area contributed by atoms with E-state index in [0.717, 1.165) is 11.1 Å². The molecule has 3 rings (SSSR count). The molecule has 0 saturated heterocycles. The Balaban J connectivity index is 1.83. The van der Waals surface area contributed by atoms with Gasteiger partial charge in [-0.15, -0.1) is 0 Å². The van der Waals surface area contributed by atoms with Crippen LogP contribution in [0.1, 0.15) is 28.6 Å². The molecular weight excluding hydrogens is 317 g/mol. The Bertz CT molecular complexity index is 871. The molecule has 1 aromatic heterocycles. The molecule has 0 spiro atoms. The van der Waals surface area contributed by atoms with Gasteiger partial charge in [-0.05, 0) is 30.2 Å². The third-order valence-corrected chi connectivity index (χ3v) is 4.09. The quantitative estimate of drug-likeness (QED) is 0.776. The zero-order valence-electron chi connectivity index (χ0n) is 14.2. The lowest BCUT2D eigenvalue weighted by Gasteiger charge is -2.19. The number of carbonyl (C=O) groups is 1. The molecule has 1 heterocycles. The van der Waals surface area contributed by atoms with E-state index in [1.54, 1.807) is 24.5 Å². The average Bonchev–Trinajstić information content (AvgIpc) is 3.00. The molecular formula is C20H20FN3O. The molecule has 0 aliphatic carbocycles. The first kappa shape index (κ1) is 16.9. The van der Waals surface area contributed by atoms with Gasteiger partial charge in [0.2, 0.25) is 5.91 Å². The van der Waals surface area contributed by atoms with E-state index >= 15 is 0 Å². The van der Waals surface area contributed by atoms with Crippen LogP contribution >= 0.6 is 0 Å². The first-order chi connectivity index (χ1) is 12.0. The van der Waals surface area contributed by atoms with E-state index in [0.29, 0.717) is 11.4 Å². The van der Waals surface area contributed by atoms with Gasteiger partial charge in [-0.2, -0.15) is 0 Å². The van der Waals surface area contributed by atoms with Gasteiger partial charge in [-0.25, -0.2) is 9.37 Å². The van der Waals surface area contributed by atoms with Crippen molar-refractivity contribution in [2.24, 2.45) is 7.05 Å². The normalized spacial score (nSPS) is 12.0. The van der Waals surface area contributed by atoms with Crippen LogP contribution in [0.3, 0.4) is 0 Å². The molecule has 0 aliphatic heterocycles. The predicted octanol–water partition coefficient (Wildman–Crippen LogP) is 3.32. The minimum absolute atomic E-state index is 0.138. The van der Waals surface area contributed by atoms with Crippen molar-refractivity contribution in [3.63, 3.8) is 0 Å². The summed E-state index contributed by atoms with van der Waals surface area (Å²) in [4.78, 5) is 16.9. The molecule has 1 atom stereocenters. The highest BCUT2D eigenvalue weighted by molar-refractivity contribution is 5.79. The van der Waals surface area contributed by atoms with Crippen LogP contribution in [0.2, 0.25) is 0 Å². The number of carbonyl (C=O) groups excluding carboxylic acids is 1. The summed E-state index contributed by atoms with van der Waals surface area (Å²) in [6, 6.07) is 13.5. The third kappa shape index (κ3) is 4.12. The standard InChI is InChI=1S/C20H20FN3O/c1-14-6-8-15(9-7-14)12-18(25)23-19(20-22-10-11-24(20)2)16-4-3-5-17(21)13-16/h3-11,13,19H,12H2,1-2H3,(H,23,25). The Kier molecular flexibility index (Phi) is 4.93. The monoisotopic (exact) mass is 337 g/mol. The van der Waals surface area contributed by atoms with Crippen LogP contribution in [0, 0.1) is 12.7 Å². The van der Waals surface area contributed by atoms with E-state index in [2.05, 4.69) is 10.3 Å². The Morgan fingerprint density at radius 2 is 2.00 bits per heavy atom. The molecule has 0 fully saturated rings. The molecule has 2 aromatic carbocycles. The molecule has 3 aromatic rings.